The molecule has 0 N–H and O–H groups in total. The van der Waals surface area contributed by atoms with Crippen LogP contribution >= 0.6 is 11.6 Å². The topological polar surface area (TPSA) is 29.5 Å². The zero-order chi connectivity index (χ0) is 13.5. The Hall–Kier alpha value is -1.48. The van der Waals surface area contributed by atoms with Crippen LogP contribution in [0.5, 0.6) is 0 Å². The van der Waals surface area contributed by atoms with Crippen LogP contribution in [-0.4, -0.2) is 11.7 Å². The van der Waals surface area contributed by atoms with Crippen molar-refractivity contribution in [3.63, 3.8) is 0 Å². The van der Waals surface area contributed by atoms with E-state index in [-0.39, 0.29) is 6.09 Å². The summed E-state index contributed by atoms with van der Waals surface area (Å²) in [4.78, 5) is 13.7. The van der Waals surface area contributed by atoms with Gasteiger partial charge in [0.2, 0.25) is 0 Å². The Balaban J connectivity index is 1.92. The average molecular weight is 278 g/mol. The van der Waals surface area contributed by atoms with Gasteiger partial charge in [-0.25, -0.2) is 9.69 Å². The summed E-state index contributed by atoms with van der Waals surface area (Å²) >= 11 is 5.88. The van der Waals surface area contributed by atoms with E-state index in [0.29, 0.717) is 5.02 Å². The molecule has 19 heavy (non-hydrogen) atoms. The molecule has 2 fully saturated rings. The summed E-state index contributed by atoms with van der Waals surface area (Å²) in [5, 5.41) is 0.648. The Bertz CT molecular complexity index is 517. The molecule has 1 saturated carbocycles. The number of nitrogens with zero attached hydrogens (tertiary/aromatic N) is 1. The number of halogens is 1. The van der Waals surface area contributed by atoms with Crippen LogP contribution in [0.2, 0.25) is 5.02 Å². The van der Waals surface area contributed by atoms with Crippen molar-refractivity contribution in [2.45, 2.75) is 37.7 Å². The fraction of sp³-hybridized carbons (Fsp3) is 0.400. The van der Waals surface area contributed by atoms with Crippen molar-refractivity contribution in [1.29, 1.82) is 0 Å². The van der Waals surface area contributed by atoms with Crippen molar-refractivity contribution in [2.24, 2.45) is 0 Å². The van der Waals surface area contributed by atoms with E-state index in [1.54, 1.807) is 17.0 Å². The molecular formula is C15H16ClNO2. The number of hydrogen-bond donors (Lipinski definition) is 0. The molecule has 1 saturated heterocycles. The van der Waals surface area contributed by atoms with E-state index in [2.05, 4.69) is 6.58 Å². The Morgan fingerprint density at radius 3 is 2.42 bits per heavy atom. The van der Waals surface area contributed by atoms with Crippen LogP contribution in [0.1, 0.15) is 32.1 Å². The number of hydrogen-bond acceptors (Lipinski definition) is 2. The van der Waals surface area contributed by atoms with Crippen molar-refractivity contribution in [3.05, 3.63) is 41.6 Å². The van der Waals surface area contributed by atoms with Crippen molar-refractivity contribution < 1.29 is 9.53 Å². The molecule has 1 aliphatic heterocycles. The summed E-state index contributed by atoms with van der Waals surface area (Å²) in [5.41, 5.74) is 1.05. The van der Waals surface area contributed by atoms with Crippen molar-refractivity contribution in [2.75, 3.05) is 4.90 Å². The van der Waals surface area contributed by atoms with Crippen molar-refractivity contribution >= 4 is 23.4 Å². The molecule has 1 aliphatic carbocycles. The number of ether oxygens (including phenoxy) is 1. The minimum Gasteiger partial charge on any atom is -0.436 e. The monoisotopic (exact) mass is 277 g/mol. The second-order valence-corrected chi connectivity index (χ2v) is 5.62. The number of carbonyl (C=O) groups excluding carboxylic acids is 1. The number of rotatable bonds is 1. The quantitative estimate of drug-likeness (QED) is 0.756. The standard InChI is InChI=1S/C15H16ClNO2/c1-11-15(9-3-2-4-10-15)19-14(18)17(11)13-7-5-12(16)6-8-13/h5-8H,1-4,9-10H2. The first-order valence-corrected chi connectivity index (χ1v) is 6.98. The lowest BCUT2D eigenvalue weighted by Crippen LogP contribution is -2.33. The zero-order valence-corrected chi connectivity index (χ0v) is 11.4. The summed E-state index contributed by atoms with van der Waals surface area (Å²) in [6, 6.07) is 7.17. The highest BCUT2D eigenvalue weighted by Crippen LogP contribution is 2.45. The molecule has 1 spiro atoms. The van der Waals surface area contributed by atoms with Gasteiger partial charge >= 0.3 is 6.09 Å². The lowest BCUT2D eigenvalue weighted by Gasteiger charge is -2.32. The maximum absolute atomic E-state index is 12.2. The summed E-state index contributed by atoms with van der Waals surface area (Å²) in [6.07, 6.45) is 4.80. The second-order valence-electron chi connectivity index (χ2n) is 5.18. The van der Waals surface area contributed by atoms with Gasteiger partial charge in [0.25, 0.3) is 0 Å². The van der Waals surface area contributed by atoms with Crippen LogP contribution in [0.15, 0.2) is 36.5 Å². The van der Waals surface area contributed by atoms with Crippen molar-refractivity contribution in [3.8, 4) is 0 Å². The average Bonchev–Trinajstić information content (AvgIpc) is 2.64. The molecule has 0 atom stereocenters. The van der Waals surface area contributed by atoms with Gasteiger partial charge in [-0.15, -0.1) is 0 Å². The minimum atomic E-state index is -0.477. The van der Waals surface area contributed by atoms with Crippen LogP contribution in [0.3, 0.4) is 0 Å². The van der Waals surface area contributed by atoms with Gasteiger partial charge in [-0.3, -0.25) is 0 Å². The van der Waals surface area contributed by atoms with Crippen molar-refractivity contribution in [1.82, 2.24) is 0 Å². The van der Waals surface area contributed by atoms with Crippen LogP contribution < -0.4 is 4.90 Å². The van der Waals surface area contributed by atoms with E-state index in [9.17, 15) is 4.79 Å². The van der Waals surface area contributed by atoms with Crippen LogP contribution in [0.4, 0.5) is 10.5 Å². The van der Waals surface area contributed by atoms with Gasteiger partial charge in [-0.2, -0.15) is 0 Å². The predicted molar refractivity (Wildman–Crippen MR) is 75.4 cm³/mol. The Morgan fingerprint density at radius 1 is 1.16 bits per heavy atom. The van der Waals surface area contributed by atoms with Crippen LogP contribution in [-0.2, 0) is 4.74 Å². The Labute approximate surface area is 117 Å². The largest absolute Gasteiger partial charge is 0.436 e. The van der Waals surface area contributed by atoms with Crippen LogP contribution in [0.25, 0.3) is 0 Å². The summed E-state index contributed by atoms with van der Waals surface area (Å²) < 4.78 is 5.65. The fourth-order valence-corrected chi connectivity index (χ4v) is 3.08. The molecule has 1 amide bonds. The molecule has 1 aromatic rings. The molecule has 1 aromatic carbocycles. The summed E-state index contributed by atoms with van der Waals surface area (Å²) in [6.45, 7) is 4.11. The highest BCUT2D eigenvalue weighted by molar-refractivity contribution is 6.30. The molecule has 2 aliphatic rings. The minimum absolute atomic E-state index is 0.325. The van der Waals surface area contributed by atoms with E-state index >= 15 is 0 Å². The summed E-state index contributed by atoms with van der Waals surface area (Å²) in [7, 11) is 0. The van der Waals surface area contributed by atoms with E-state index in [1.165, 1.54) is 6.42 Å². The van der Waals surface area contributed by atoms with Crippen LogP contribution in [0, 0.1) is 0 Å². The number of anilines is 1. The van der Waals surface area contributed by atoms with E-state index < -0.39 is 5.60 Å². The predicted octanol–water partition coefficient (Wildman–Crippen LogP) is 4.51. The van der Waals surface area contributed by atoms with E-state index in [0.717, 1.165) is 37.1 Å². The zero-order valence-electron chi connectivity index (χ0n) is 10.7. The first-order valence-electron chi connectivity index (χ1n) is 6.60. The molecule has 100 valence electrons. The van der Waals surface area contributed by atoms with Gasteiger partial charge in [-0.05, 0) is 49.9 Å². The Morgan fingerprint density at radius 2 is 1.79 bits per heavy atom. The normalized spacial score (nSPS) is 21.8. The van der Waals surface area contributed by atoms with Gasteiger partial charge < -0.3 is 4.74 Å². The molecule has 3 rings (SSSR count). The molecular weight excluding hydrogens is 262 g/mol. The molecule has 3 nitrogen and oxygen atoms in total. The highest BCUT2D eigenvalue weighted by Gasteiger charge is 2.49. The van der Waals surface area contributed by atoms with Gasteiger partial charge in [0.05, 0.1) is 11.4 Å². The Kier molecular flexibility index (Phi) is 3.02. The third kappa shape index (κ3) is 2.02. The maximum atomic E-state index is 12.2. The third-order valence-corrected chi connectivity index (χ3v) is 4.26. The smallest absolute Gasteiger partial charge is 0.419 e. The van der Waals surface area contributed by atoms with E-state index in [4.69, 9.17) is 16.3 Å². The summed E-state index contributed by atoms with van der Waals surface area (Å²) in [5.74, 6) is 0. The second kappa shape index (κ2) is 4.57. The van der Waals surface area contributed by atoms with Gasteiger partial charge in [0.1, 0.15) is 0 Å². The van der Waals surface area contributed by atoms with Gasteiger partial charge in [-0.1, -0.05) is 24.6 Å². The lowest BCUT2D eigenvalue weighted by atomic mass is 9.83. The van der Waals surface area contributed by atoms with Gasteiger partial charge in [0.15, 0.2) is 5.60 Å². The highest BCUT2D eigenvalue weighted by atomic mass is 35.5. The molecule has 0 bridgehead atoms. The molecule has 1 heterocycles. The molecule has 0 unspecified atom stereocenters. The first kappa shape index (κ1) is 12.5. The fourth-order valence-electron chi connectivity index (χ4n) is 2.95. The maximum Gasteiger partial charge on any atom is 0.419 e. The number of amides is 1. The van der Waals surface area contributed by atoms with E-state index in [1.807, 2.05) is 12.1 Å². The molecule has 0 radical (unpaired) electrons. The number of carbonyl (C=O) groups is 1. The van der Waals surface area contributed by atoms with Gasteiger partial charge in [0, 0.05) is 5.02 Å². The molecule has 4 heteroatoms. The first-order chi connectivity index (χ1) is 9.12. The number of benzene rings is 1. The molecule has 0 aromatic heterocycles. The lowest BCUT2D eigenvalue weighted by molar-refractivity contribution is 0.0412. The third-order valence-electron chi connectivity index (χ3n) is 4.01. The SMILES string of the molecule is C=C1N(c2ccc(Cl)cc2)C(=O)OC12CCCCC2.